The minimum absolute atomic E-state index is 0.862. The van der Waals surface area contributed by atoms with Gasteiger partial charge in [0.15, 0.2) is 0 Å². The number of hydrogen-bond acceptors (Lipinski definition) is 5. The third kappa shape index (κ3) is 9.62. The summed E-state index contributed by atoms with van der Waals surface area (Å²) in [6, 6.07) is 127. The van der Waals surface area contributed by atoms with E-state index in [1.807, 2.05) is 36.4 Å². The highest BCUT2D eigenvalue weighted by Crippen LogP contribution is 2.49. The molecular weight excluding hydrogens is 1180 g/mol. The lowest BCUT2D eigenvalue weighted by atomic mass is 9.94. The second-order valence-corrected chi connectivity index (χ2v) is 25.1. The van der Waals surface area contributed by atoms with Crippen LogP contribution in [0.15, 0.2) is 365 Å². The number of rotatable bonds is 12. The first-order chi connectivity index (χ1) is 48.1. The van der Waals surface area contributed by atoms with Crippen molar-refractivity contribution in [2.45, 2.75) is 0 Å². The molecule has 454 valence electrons. The van der Waals surface area contributed by atoms with Crippen LogP contribution in [0.4, 0.5) is 34.1 Å². The zero-order valence-electron chi connectivity index (χ0n) is 52.6. The first-order valence-corrected chi connectivity index (χ1v) is 33.0. The Morgan fingerprint density at radius 2 is 0.515 bits per heavy atom. The summed E-state index contributed by atoms with van der Waals surface area (Å²) in [7, 11) is 0. The molecule has 0 amide bonds. The molecule has 19 rings (SSSR count). The number of furan rings is 3. The van der Waals surface area contributed by atoms with Gasteiger partial charge in [0.05, 0.1) is 22.7 Å². The molecule has 0 radical (unpaired) electrons. The van der Waals surface area contributed by atoms with Gasteiger partial charge in [-0.3, -0.25) is 0 Å². The van der Waals surface area contributed by atoms with Gasteiger partial charge in [-0.2, -0.15) is 0 Å². The molecular formula is C92H58N2O3. The van der Waals surface area contributed by atoms with E-state index in [9.17, 15) is 0 Å². The van der Waals surface area contributed by atoms with E-state index in [-0.39, 0.29) is 0 Å². The summed E-state index contributed by atoms with van der Waals surface area (Å²) in [5.41, 5.74) is 25.0. The van der Waals surface area contributed by atoms with Crippen molar-refractivity contribution in [1.29, 1.82) is 0 Å². The Bertz CT molecular complexity index is 6240. The third-order valence-electron chi connectivity index (χ3n) is 19.5. The van der Waals surface area contributed by atoms with Gasteiger partial charge in [-0.1, -0.05) is 261 Å². The first-order valence-electron chi connectivity index (χ1n) is 33.0. The van der Waals surface area contributed by atoms with E-state index in [0.29, 0.717) is 0 Å². The van der Waals surface area contributed by atoms with Gasteiger partial charge in [-0.05, 0) is 152 Å². The number of hydrogen-bond donors (Lipinski definition) is 0. The summed E-state index contributed by atoms with van der Waals surface area (Å²) in [6.07, 6.45) is 0. The monoisotopic (exact) mass is 1240 g/mol. The molecule has 3 aromatic heterocycles. The predicted molar refractivity (Wildman–Crippen MR) is 405 cm³/mol. The number of anilines is 6. The van der Waals surface area contributed by atoms with Gasteiger partial charge < -0.3 is 23.1 Å². The fourth-order valence-corrected chi connectivity index (χ4v) is 14.7. The van der Waals surface area contributed by atoms with E-state index in [4.69, 9.17) is 13.3 Å². The summed E-state index contributed by atoms with van der Waals surface area (Å²) in [5, 5.41) is 11.3. The fraction of sp³-hybridized carbons (Fsp3) is 0. The lowest BCUT2D eigenvalue weighted by molar-refractivity contribution is 0.668. The summed E-state index contributed by atoms with van der Waals surface area (Å²) < 4.78 is 19.2. The van der Waals surface area contributed by atoms with Crippen molar-refractivity contribution in [2.75, 3.05) is 9.80 Å². The van der Waals surface area contributed by atoms with Crippen LogP contribution in [-0.4, -0.2) is 0 Å². The van der Waals surface area contributed by atoms with Crippen LogP contribution >= 0.6 is 0 Å². The largest absolute Gasteiger partial charge is 0.456 e. The fourth-order valence-electron chi connectivity index (χ4n) is 14.7. The summed E-state index contributed by atoms with van der Waals surface area (Å²) in [4.78, 5) is 4.86. The summed E-state index contributed by atoms with van der Waals surface area (Å²) in [6.45, 7) is 0. The van der Waals surface area contributed by atoms with Crippen molar-refractivity contribution in [3.05, 3.63) is 352 Å². The molecule has 19 aromatic rings. The Kier molecular flexibility index (Phi) is 13.2. The Labute approximate surface area is 559 Å². The molecule has 0 N–H and O–H groups in total. The van der Waals surface area contributed by atoms with E-state index in [0.717, 1.165) is 177 Å². The van der Waals surface area contributed by atoms with Gasteiger partial charge in [-0.25, -0.2) is 0 Å². The maximum absolute atomic E-state index is 6.57. The van der Waals surface area contributed by atoms with Gasteiger partial charge in [0.25, 0.3) is 0 Å². The van der Waals surface area contributed by atoms with Crippen LogP contribution in [0, 0.1) is 0 Å². The highest BCUT2D eigenvalue weighted by atomic mass is 16.3. The normalized spacial score (nSPS) is 11.7. The molecule has 0 fully saturated rings. The van der Waals surface area contributed by atoms with Crippen LogP contribution in [0.25, 0.3) is 154 Å². The van der Waals surface area contributed by atoms with Gasteiger partial charge in [0.2, 0.25) is 0 Å². The van der Waals surface area contributed by atoms with Crippen LogP contribution in [-0.2, 0) is 0 Å². The van der Waals surface area contributed by atoms with Crippen LogP contribution in [0.2, 0.25) is 0 Å². The van der Waals surface area contributed by atoms with Gasteiger partial charge >= 0.3 is 0 Å². The number of benzene rings is 16. The minimum Gasteiger partial charge on any atom is -0.456 e. The Hall–Kier alpha value is -13.0. The second-order valence-electron chi connectivity index (χ2n) is 25.1. The Balaban J connectivity index is 0.672. The molecule has 3 heterocycles. The predicted octanol–water partition coefficient (Wildman–Crippen LogP) is 26.6. The summed E-state index contributed by atoms with van der Waals surface area (Å²) >= 11 is 0. The average molecular weight is 1240 g/mol. The van der Waals surface area contributed by atoms with E-state index in [2.05, 4.69) is 325 Å². The van der Waals surface area contributed by atoms with Crippen molar-refractivity contribution in [3.8, 4) is 66.8 Å². The number of nitrogens with zero attached hydrogens (tertiary/aromatic N) is 2. The zero-order valence-corrected chi connectivity index (χ0v) is 52.6. The molecule has 0 aliphatic heterocycles. The minimum atomic E-state index is 0.862. The number of fused-ring (bicyclic) bond motifs is 11. The molecule has 0 spiro atoms. The maximum atomic E-state index is 6.57. The van der Waals surface area contributed by atoms with E-state index in [1.165, 1.54) is 10.8 Å². The van der Waals surface area contributed by atoms with Crippen LogP contribution < -0.4 is 9.80 Å². The zero-order chi connectivity index (χ0) is 63.9. The van der Waals surface area contributed by atoms with Gasteiger partial charge in [-0.15, -0.1) is 0 Å². The molecule has 0 bridgehead atoms. The lowest BCUT2D eigenvalue weighted by Gasteiger charge is -2.30. The molecule has 0 saturated heterocycles. The van der Waals surface area contributed by atoms with Crippen molar-refractivity contribution < 1.29 is 13.3 Å². The maximum Gasteiger partial charge on any atom is 0.143 e. The Morgan fingerprint density at radius 3 is 1.06 bits per heavy atom. The van der Waals surface area contributed by atoms with Crippen LogP contribution in [0.3, 0.4) is 0 Å². The molecule has 16 aromatic carbocycles. The van der Waals surface area contributed by atoms with Crippen LogP contribution in [0.1, 0.15) is 0 Å². The smallest absolute Gasteiger partial charge is 0.143 e. The quantitative estimate of drug-likeness (QED) is 0.122. The van der Waals surface area contributed by atoms with E-state index in [1.54, 1.807) is 0 Å². The summed E-state index contributed by atoms with van der Waals surface area (Å²) in [5.74, 6) is 0. The molecule has 97 heavy (non-hydrogen) atoms. The van der Waals surface area contributed by atoms with Crippen molar-refractivity contribution >= 4 is 121 Å². The SMILES string of the molecule is c1ccc(N(c2ccc(-c3ccc(-c4ccc(-c5ccc(-c6ccc7oc8ccccc8c7c6)c(N(c6ccc(-c7cccc8c7oc7ccccc78)cc6)c6cccc7ccccc67)c5)cc4)cc3)cc2)c2cccc3ccccc23)c(-c2ccc3oc4ccccc4c3c2)c1. The number of para-hydroxylation sites is 5. The molecule has 5 heteroatoms. The van der Waals surface area contributed by atoms with Crippen molar-refractivity contribution in [2.24, 2.45) is 0 Å². The topological polar surface area (TPSA) is 45.9 Å². The Morgan fingerprint density at radius 1 is 0.175 bits per heavy atom. The highest BCUT2D eigenvalue weighted by molar-refractivity contribution is 6.12. The molecule has 0 atom stereocenters. The molecule has 0 unspecified atom stereocenters. The van der Waals surface area contributed by atoms with Gasteiger partial charge in [0, 0.05) is 71.2 Å². The van der Waals surface area contributed by atoms with Crippen molar-refractivity contribution in [1.82, 2.24) is 0 Å². The third-order valence-corrected chi connectivity index (χ3v) is 19.5. The average Bonchev–Trinajstić information content (AvgIpc) is 1.55. The molecule has 5 nitrogen and oxygen atoms in total. The molecule has 0 aliphatic carbocycles. The molecule has 0 saturated carbocycles. The second kappa shape index (κ2) is 23.0. The van der Waals surface area contributed by atoms with E-state index < -0.39 is 0 Å². The van der Waals surface area contributed by atoms with Crippen LogP contribution in [0.5, 0.6) is 0 Å². The first kappa shape index (κ1) is 55.7. The standard InChI is InChI=1S/C92H58N2O3/c1-3-20-72-64(16-1)18-13-29-84(72)93(83-28-9-5-22-74(83)68-47-54-90-81(56-68)78-24-7-10-31-87(78)95-90)70-49-42-62(43-50-70)61-36-34-59(35-37-61)60-38-40-63(41-39-60)67-46-53-75(69-48-55-91-82(57-69)79-25-8-11-32-88(79)96-91)86(58-67)94(85-30-14-19-65-17-2-4-21-73(65)85)71-51-44-66(45-52-71)76-26-15-27-80-77-23-6-12-33-89(77)97-92(76)80/h1-58H. The lowest BCUT2D eigenvalue weighted by Crippen LogP contribution is -2.12. The highest BCUT2D eigenvalue weighted by Gasteiger charge is 2.24. The van der Waals surface area contributed by atoms with Crippen molar-refractivity contribution in [3.63, 3.8) is 0 Å². The van der Waals surface area contributed by atoms with Gasteiger partial charge in [0.1, 0.15) is 33.5 Å². The van der Waals surface area contributed by atoms with E-state index >= 15 is 0 Å². The molecule has 0 aliphatic rings.